The summed E-state index contributed by atoms with van der Waals surface area (Å²) in [7, 11) is 3.47. The van der Waals surface area contributed by atoms with Gasteiger partial charge < -0.3 is 10.1 Å². The van der Waals surface area contributed by atoms with E-state index in [0.717, 1.165) is 29.5 Å². The maximum Gasteiger partial charge on any atom is 0.252 e. The molecule has 3 aromatic rings. The van der Waals surface area contributed by atoms with Crippen LogP contribution in [-0.2, 0) is 7.05 Å². The Morgan fingerprint density at radius 1 is 1.27 bits per heavy atom. The Balaban J connectivity index is 1.82. The van der Waals surface area contributed by atoms with Crippen molar-refractivity contribution in [3.05, 3.63) is 42.1 Å². The molecule has 0 aliphatic heterocycles. The topological polar surface area (TPSA) is 69.0 Å². The predicted molar refractivity (Wildman–Crippen MR) is 100 cm³/mol. The zero-order chi connectivity index (χ0) is 18.1. The number of carbonyl (C=O) groups excluding carboxylic acids is 1. The van der Waals surface area contributed by atoms with Crippen LogP contribution in [0.4, 0.5) is 0 Å². The molecule has 1 aliphatic rings. The fourth-order valence-electron chi connectivity index (χ4n) is 3.63. The van der Waals surface area contributed by atoms with E-state index in [1.54, 1.807) is 18.0 Å². The predicted octanol–water partition coefficient (Wildman–Crippen LogP) is 3.32. The van der Waals surface area contributed by atoms with Crippen molar-refractivity contribution in [2.45, 2.75) is 31.7 Å². The molecule has 0 bridgehead atoms. The average Bonchev–Trinajstić information content (AvgIpc) is 3.31. The minimum atomic E-state index is -0.0616. The normalized spacial score (nSPS) is 14.7. The second-order valence-corrected chi connectivity index (χ2v) is 6.72. The number of nitrogens with zero attached hydrogens (tertiary/aromatic N) is 3. The van der Waals surface area contributed by atoms with E-state index in [1.807, 2.05) is 37.4 Å². The third-order valence-corrected chi connectivity index (χ3v) is 5.02. The van der Waals surface area contributed by atoms with E-state index in [9.17, 15) is 4.79 Å². The smallest absolute Gasteiger partial charge is 0.252 e. The SMILES string of the molecule is COc1ccccc1-c1cc(C(=O)NC2CCCC2)c2cnn(C)c2n1. The number of amides is 1. The number of nitrogens with one attached hydrogen (secondary N) is 1. The fraction of sp³-hybridized carbons (Fsp3) is 0.350. The number of fused-ring (bicyclic) bond motifs is 1. The zero-order valence-corrected chi connectivity index (χ0v) is 15.0. The van der Waals surface area contributed by atoms with Crippen LogP contribution in [0.1, 0.15) is 36.0 Å². The third kappa shape index (κ3) is 2.92. The third-order valence-electron chi connectivity index (χ3n) is 5.02. The summed E-state index contributed by atoms with van der Waals surface area (Å²) in [6.45, 7) is 0. The number of hydrogen-bond donors (Lipinski definition) is 1. The number of ether oxygens (including phenoxy) is 1. The van der Waals surface area contributed by atoms with Crippen molar-refractivity contribution in [3.8, 4) is 17.0 Å². The zero-order valence-electron chi connectivity index (χ0n) is 15.0. The number of para-hydroxylation sites is 1. The van der Waals surface area contributed by atoms with Gasteiger partial charge in [0.15, 0.2) is 5.65 Å². The van der Waals surface area contributed by atoms with E-state index in [1.165, 1.54) is 12.8 Å². The monoisotopic (exact) mass is 350 g/mol. The van der Waals surface area contributed by atoms with Gasteiger partial charge in [-0.05, 0) is 31.0 Å². The van der Waals surface area contributed by atoms with Crippen LogP contribution in [0.2, 0.25) is 0 Å². The van der Waals surface area contributed by atoms with Crippen LogP contribution in [0.25, 0.3) is 22.3 Å². The summed E-state index contributed by atoms with van der Waals surface area (Å²) in [5, 5.41) is 8.23. The quantitative estimate of drug-likeness (QED) is 0.784. The molecule has 0 saturated heterocycles. The van der Waals surface area contributed by atoms with Gasteiger partial charge in [0.25, 0.3) is 5.91 Å². The van der Waals surface area contributed by atoms with Crippen molar-refractivity contribution in [3.63, 3.8) is 0 Å². The van der Waals surface area contributed by atoms with Crippen LogP contribution in [0, 0.1) is 0 Å². The second kappa shape index (κ2) is 6.78. The minimum absolute atomic E-state index is 0.0616. The highest BCUT2D eigenvalue weighted by molar-refractivity contribution is 6.06. The molecule has 2 heterocycles. The molecule has 0 atom stereocenters. The van der Waals surface area contributed by atoms with Gasteiger partial charge in [-0.15, -0.1) is 0 Å². The van der Waals surface area contributed by atoms with Gasteiger partial charge in [-0.3, -0.25) is 9.48 Å². The molecule has 1 saturated carbocycles. The molecule has 6 heteroatoms. The average molecular weight is 350 g/mol. The molecule has 6 nitrogen and oxygen atoms in total. The molecule has 0 spiro atoms. The van der Waals surface area contributed by atoms with E-state index < -0.39 is 0 Å². The summed E-state index contributed by atoms with van der Waals surface area (Å²) >= 11 is 0. The van der Waals surface area contributed by atoms with Gasteiger partial charge in [0.05, 0.1) is 30.0 Å². The number of aromatic nitrogens is 3. The van der Waals surface area contributed by atoms with Crippen molar-refractivity contribution < 1.29 is 9.53 Å². The summed E-state index contributed by atoms with van der Waals surface area (Å²) in [5.41, 5.74) is 2.85. The number of benzene rings is 1. The van der Waals surface area contributed by atoms with Gasteiger partial charge in [0.2, 0.25) is 0 Å². The Bertz CT molecular complexity index is 958. The number of methoxy groups -OCH3 is 1. The first kappa shape index (κ1) is 16.6. The first-order valence-corrected chi connectivity index (χ1v) is 8.94. The maximum absolute atomic E-state index is 13.0. The Morgan fingerprint density at radius 3 is 2.81 bits per heavy atom. The van der Waals surface area contributed by atoms with Crippen LogP contribution < -0.4 is 10.1 Å². The van der Waals surface area contributed by atoms with Crippen LogP contribution in [0.3, 0.4) is 0 Å². The lowest BCUT2D eigenvalue weighted by molar-refractivity contribution is 0.0939. The Kier molecular flexibility index (Phi) is 4.32. The van der Waals surface area contributed by atoms with Crippen molar-refractivity contribution in [2.75, 3.05) is 7.11 Å². The number of carbonyl (C=O) groups is 1. The molecule has 2 aromatic heterocycles. The summed E-state index contributed by atoms with van der Waals surface area (Å²) in [5.74, 6) is 0.664. The van der Waals surface area contributed by atoms with E-state index in [4.69, 9.17) is 9.72 Å². The molecule has 134 valence electrons. The van der Waals surface area contributed by atoms with Crippen molar-refractivity contribution in [2.24, 2.45) is 7.05 Å². The van der Waals surface area contributed by atoms with Crippen LogP contribution in [0.15, 0.2) is 36.5 Å². The molecule has 0 unspecified atom stereocenters. The summed E-state index contributed by atoms with van der Waals surface area (Å²) in [4.78, 5) is 17.7. The van der Waals surface area contributed by atoms with Gasteiger partial charge in [0, 0.05) is 18.7 Å². The van der Waals surface area contributed by atoms with Gasteiger partial charge in [0.1, 0.15) is 5.75 Å². The van der Waals surface area contributed by atoms with E-state index in [-0.39, 0.29) is 11.9 Å². The first-order chi connectivity index (χ1) is 12.7. The molecule has 1 aliphatic carbocycles. The van der Waals surface area contributed by atoms with Crippen LogP contribution >= 0.6 is 0 Å². The van der Waals surface area contributed by atoms with Crippen molar-refractivity contribution >= 4 is 16.9 Å². The van der Waals surface area contributed by atoms with E-state index >= 15 is 0 Å². The lowest BCUT2D eigenvalue weighted by Crippen LogP contribution is -2.32. The maximum atomic E-state index is 13.0. The largest absolute Gasteiger partial charge is 0.496 e. The molecule has 1 fully saturated rings. The molecule has 26 heavy (non-hydrogen) atoms. The lowest BCUT2D eigenvalue weighted by Gasteiger charge is -2.14. The molecular weight excluding hydrogens is 328 g/mol. The molecule has 1 aromatic carbocycles. The highest BCUT2D eigenvalue weighted by atomic mass is 16.5. The highest BCUT2D eigenvalue weighted by Gasteiger charge is 2.22. The van der Waals surface area contributed by atoms with Crippen molar-refractivity contribution in [1.29, 1.82) is 0 Å². The number of hydrogen-bond acceptors (Lipinski definition) is 4. The van der Waals surface area contributed by atoms with E-state index in [2.05, 4.69) is 10.4 Å². The van der Waals surface area contributed by atoms with Gasteiger partial charge in [-0.2, -0.15) is 5.10 Å². The van der Waals surface area contributed by atoms with Crippen molar-refractivity contribution in [1.82, 2.24) is 20.1 Å². The molecule has 1 amide bonds. The molecule has 0 radical (unpaired) electrons. The highest BCUT2D eigenvalue weighted by Crippen LogP contribution is 2.31. The Hall–Kier alpha value is -2.89. The lowest BCUT2D eigenvalue weighted by atomic mass is 10.0. The summed E-state index contributed by atoms with van der Waals surface area (Å²) < 4.78 is 7.16. The molecule has 4 rings (SSSR count). The molecular formula is C20H22N4O2. The minimum Gasteiger partial charge on any atom is -0.496 e. The van der Waals surface area contributed by atoms with Crippen LogP contribution in [-0.4, -0.2) is 33.8 Å². The molecule has 1 N–H and O–H groups in total. The summed E-state index contributed by atoms with van der Waals surface area (Å²) in [6, 6.07) is 9.79. The standard InChI is InChI=1S/C20H22N4O2/c1-24-19-16(12-21-24)15(20(25)22-13-7-3-4-8-13)11-17(23-19)14-9-5-6-10-18(14)26-2/h5-6,9-13H,3-4,7-8H2,1-2H3,(H,22,25). The van der Waals surface area contributed by atoms with Crippen LogP contribution in [0.5, 0.6) is 5.75 Å². The van der Waals surface area contributed by atoms with Gasteiger partial charge in [-0.1, -0.05) is 25.0 Å². The second-order valence-electron chi connectivity index (χ2n) is 6.72. The Morgan fingerprint density at radius 2 is 2.04 bits per heavy atom. The first-order valence-electron chi connectivity index (χ1n) is 8.94. The fourth-order valence-corrected chi connectivity index (χ4v) is 3.63. The number of pyridine rings is 1. The number of aryl methyl sites for hydroxylation is 1. The van der Waals surface area contributed by atoms with Gasteiger partial charge >= 0.3 is 0 Å². The number of rotatable bonds is 4. The summed E-state index contributed by atoms with van der Waals surface area (Å²) in [6.07, 6.45) is 6.16. The Labute approximate surface area is 152 Å². The van der Waals surface area contributed by atoms with Gasteiger partial charge in [-0.25, -0.2) is 4.98 Å². The van der Waals surface area contributed by atoms with E-state index in [0.29, 0.717) is 16.9 Å².